The van der Waals surface area contributed by atoms with E-state index < -0.39 is 0 Å². The lowest BCUT2D eigenvalue weighted by Crippen LogP contribution is -2.24. The zero-order valence-electron chi connectivity index (χ0n) is 15.9. The Morgan fingerprint density at radius 2 is 2.11 bits per heavy atom. The fourth-order valence-electron chi connectivity index (χ4n) is 2.40. The molecule has 2 aromatic heterocycles. The van der Waals surface area contributed by atoms with Gasteiger partial charge in [0, 0.05) is 31.9 Å². The summed E-state index contributed by atoms with van der Waals surface area (Å²) in [5.74, 6) is 1.03. The SMILES string of the molecule is Cc1ccc(-n2cnnc2SCC(=O)NCc2ccc(N(C)C)nc2)cc1Cl. The smallest absolute Gasteiger partial charge is 0.230 e. The quantitative estimate of drug-likeness (QED) is 0.596. The summed E-state index contributed by atoms with van der Waals surface area (Å²) >= 11 is 7.52. The predicted molar refractivity (Wildman–Crippen MR) is 112 cm³/mol. The van der Waals surface area contributed by atoms with Crippen LogP contribution in [0.25, 0.3) is 5.69 Å². The summed E-state index contributed by atoms with van der Waals surface area (Å²) in [7, 11) is 3.87. The topological polar surface area (TPSA) is 75.9 Å². The van der Waals surface area contributed by atoms with Crippen LogP contribution < -0.4 is 10.2 Å². The lowest BCUT2D eigenvalue weighted by Gasteiger charge is -2.11. The molecule has 28 heavy (non-hydrogen) atoms. The number of nitrogens with one attached hydrogen (secondary N) is 1. The van der Waals surface area contributed by atoms with Crippen molar-refractivity contribution in [2.45, 2.75) is 18.6 Å². The molecule has 0 atom stereocenters. The number of nitrogens with zero attached hydrogens (tertiary/aromatic N) is 5. The van der Waals surface area contributed by atoms with Crippen molar-refractivity contribution in [1.82, 2.24) is 25.1 Å². The molecule has 7 nitrogen and oxygen atoms in total. The third-order valence-electron chi connectivity index (χ3n) is 4.04. The normalized spacial score (nSPS) is 10.7. The van der Waals surface area contributed by atoms with Gasteiger partial charge in [-0.3, -0.25) is 9.36 Å². The Kier molecular flexibility index (Phi) is 6.53. The standard InChI is InChI=1S/C19H21ClN6OS/c1-13-4-6-15(8-16(13)20)26-12-23-24-19(26)28-11-18(27)22-10-14-5-7-17(21-9-14)25(2)3/h4-9,12H,10-11H2,1-3H3,(H,22,27). The molecule has 1 aromatic carbocycles. The van der Waals surface area contributed by atoms with Crippen molar-refractivity contribution < 1.29 is 4.79 Å². The maximum absolute atomic E-state index is 12.2. The van der Waals surface area contributed by atoms with Crippen molar-refractivity contribution in [3.63, 3.8) is 0 Å². The van der Waals surface area contributed by atoms with E-state index in [2.05, 4.69) is 20.5 Å². The number of carbonyl (C=O) groups excluding carboxylic acids is 1. The molecule has 2 heterocycles. The van der Waals surface area contributed by atoms with Crippen LogP contribution in [0.2, 0.25) is 5.02 Å². The van der Waals surface area contributed by atoms with Gasteiger partial charge in [-0.1, -0.05) is 35.5 Å². The molecule has 0 radical (unpaired) electrons. The van der Waals surface area contributed by atoms with Crippen molar-refractivity contribution in [1.29, 1.82) is 0 Å². The molecule has 0 fully saturated rings. The molecule has 9 heteroatoms. The van der Waals surface area contributed by atoms with Crippen LogP contribution in [0.3, 0.4) is 0 Å². The average Bonchev–Trinajstić information content (AvgIpc) is 3.16. The zero-order valence-corrected chi connectivity index (χ0v) is 17.5. The van der Waals surface area contributed by atoms with E-state index in [4.69, 9.17) is 11.6 Å². The third-order valence-corrected chi connectivity index (χ3v) is 5.39. The fraction of sp³-hybridized carbons (Fsp3) is 0.263. The van der Waals surface area contributed by atoms with Crippen LogP contribution in [-0.2, 0) is 11.3 Å². The molecule has 146 valence electrons. The number of rotatable bonds is 7. The molecule has 0 saturated heterocycles. The first-order valence-corrected chi connectivity index (χ1v) is 9.98. The highest BCUT2D eigenvalue weighted by Gasteiger charge is 2.11. The number of benzene rings is 1. The van der Waals surface area contributed by atoms with Crippen LogP contribution in [0.15, 0.2) is 48.0 Å². The maximum atomic E-state index is 12.2. The first kappa shape index (κ1) is 20.2. The molecular weight excluding hydrogens is 396 g/mol. The molecule has 0 aliphatic rings. The minimum absolute atomic E-state index is 0.0850. The summed E-state index contributed by atoms with van der Waals surface area (Å²) in [6.07, 6.45) is 3.37. The van der Waals surface area contributed by atoms with Gasteiger partial charge in [-0.15, -0.1) is 10.2 Å². The molecule has 0 bridgehead atoms. The van der Waals surface area contributed by atoms with E-state index in [9.17, 15) is 4.79 Å². The van der Waals surface area contributed by atoms with E-state index in [-0.39, 0.29) is 11.7 Å². The monoisotopic (exact) mass is 416 g/mol. The predicted octanol–water partition coefficient (Wildman–Crippen LogP) is 3.10. The number of amides is 1. The van der Waals surface area contributed by atoms with E-state index in [1.807, 2.05) is 60.8 Å². The van der Waals surface area contributed by atoms with E-state index in [0.717, 1.165) is 22.6 Å². The lowest BCUT2D eigenvalue weighted by molar-refractivity contribution is -0.118. The van der Waals surface area contributed by atoms with Crippen LogP contribution >= 0.6 is 23.4 Å². The van der Waals surface area contributed by atoms with Gasteiger partial charge in [0.15, 0.2) is 5.16 Å². The molecule has 1 N–H and O–H groups in total. The van der Waals surface area contributed by atoms with Gasteiger partial charge in [0.05, 0.1) is 11.4 Å². The van der Waals surface area contributed by atoms with Crippen molar-refractivity contribution in [3.8, 4) is 5.69 Å². The Labute approximate surface area is 173 Å². The van der Waals surface area contributed by atoms with Crippen LogP contribution in [0.1, 0.15) is 11.1 Å². The fourth-order valence-corrected chi connectivity index (χ4v) is 3.33. The minimum atomic E-state index is -0.0850. The number of hydrogen-bond donors (Lipinski definition) is 1. The van der Waals surface area contributed by atoms with E-state index in [1.54, 1.807) is 12.5 Å². The van der Waals surface area contributed by atoms with Gasteiger partial charge in [-0.2, -0.15) is 0 Å². The molecule has 0 aliphatic carbocycles. The van der Waals surface area contributed by atoms with Gasteiger partial charge in [-0.05, 0) is 36.2 Å². The molecule has 0 aliphatic heterocycles. The highest BCUT2D eigenvalue weighted by atomic mass is 35.5. The summed E-state index contributed by atoms with van der Waals surface area (Å²) in [5, 5.41) is 12.2. The number of halogens is 1. The van der Waals surface area contributed by atoms with E-state index >= 15 is 0 Å². The second-order valence-corrected chi connectivity index (χ2v) is 7.75. The molecule has 0 spiro atoms. The van der Waals surface area contributed by atoms with Gasteiger partial charge in [-0.25, -0.2) is 4.98 Å². The third kappa shape index (κ3) is 5.02. The van der Waals surface area contributed by atoms with Gasteiger partial charge in [0.1, 0.15) is 12.1 Å². The summed E-state index contributed by atoms with van der Waals surface area (Å²) in [5.41, 5.74) is 2.80. The largest absolute Gasteiger partial charge is 0.363 e. The Bertz CT molecular complexity index is 957. The number of anilines is 1. The summed E-state index contributed by atoms with van der Waals surface area (Å²) in [4.78, 5) is 18.5. The Balaban J connectivity index is 1.55. The van der Waals surface area contributed by atoms with Crippen molar-refractivity contribution in [3.05, 3.63) is 59.0 Å². The van der Waals surface area contributed by atoms with Gasteiger partial charge in [0.2, 0.25) is 5.91 Å². The number of aromatic nitrogens is 4. The van der Waals surface area contributed by atoms with Crippen molar-refractivity contribution >= 4 is 35.1 Å². The Morgan fingerprint density at radius 3 is 2.79 bits per heavy atom. The Hall–Kier alpha value is -2.58. The summed E-state index contributed by atoms with van der Waals surface area (Å²) in [6.45, 7) is 2.38. The minimum Gasteiger partial charge on any atom is -0.363 e. The highest BCUT2D eigenvalue weighted by Crippen LogP contribution is 2.23. The maximum Gasteiger partial charge on any atom is 0.230 e. The Morgan fingerprint density at radius 1 is 1.29 bits per heavy atom. The van der Waals surface area contributed by atoms with Gasteiger partial charge in [0.25, 0.3) is 0 Å². The van der Waals surface area contributed by atoms with E-state index in [1.165, 1.54) is 11.8 Å². The zero-order chi connectivity index (χ0) is 20.1. The summed E-state index contributed by atoms with van der Waals surface area (Å²) in [6, 6.07) is 9.61. The van der Waals surface area contributed by atoms with Gasteiger partial charge < -0.3 is 10.2 Å². The van der Waals surface area contributed by atoms with Crippen molar-refractivity contribution in [2.75, 3.05) is 24.7 Å². The van der Waals surface area contributed by atoms with Crippen LogP contribution in [0, 0.1) is 6.92 Å². The number of carbonyl (C=O) groups is 1. The van der Waals surface area contributed by atoms with Crippen LogP contribution in [-0.4, -0.2) is 45.5 Å². The van der Waals surface area contributed by atoms with Crippen LogP contribution in [0.4, 0.5) is 5.82 Å². The molecule has 3 aromatic rings. The number of thioether (sulfide) groups is 1. The molecule has 0 unspecified atom stereocenters. The second-order valence-electron chi connectivity index (χ2n) is 6.40. The molecule has 1 amide bonds. The summed E-state index contributed by atoms with van der Waals surface area (Å²) < 4.78 is 1.81. The molecular formula is C19H21ClN6OS. The van der Waals surface area contributed by atoms with Gasteiger partial charge >= 0.3 is 0 Å². The number of pyridine rings is 1. The van der Waals surface area contributed by atoms with Crippen molar-refractivity contribution in [2.24, 2.45) is 0 Å². The number of hydrogen-bond acceptors (Lipinski definition) is 6. The van der Waals surface area contributed by atoms with E-state index in [0.29, 0.717) is 16.7 Å². The molecule has 3 rings (SSSR count). The lowest BCUT2D eigenvalue weighted by atomic mass is 10.2. The molecule has 0 saturated carbocycles. The first-order chi connectivity index (χ1) is 13.4. The number of aryl methyl sites for hydroxylation is 1. The van der Waals surface area contributed by atoms with Crippen LogP contribution in [0.5, 0.6) is 0 Å². The first-order valence-electron chi connectivity index (χ1n) is 8.62. The average molecular weight is 417 g/mol. The second kappa shape index (κ2) is 9.07. The highest BCUT2D eigenvalue weighted by molar-refractivity contribution is 7.99.